The SMILES string of the molecule is CCOc1ncccc1C(=O)Nc1cc(Cl)c(OC)cc1OC. The van der Waals surface area contributed by atoms with Crippen LogP contribution in [0.1, 0.15) is 17.3 Å². The van der Waals surface area contributed by atoms with Crippen LogP contribution in [0.2, 0.25) is 5.02 Å². The lowest BCUT2D eigenvalue weighted by Gasteiger charge is -2.14. The molecular weight excluding hydrogens is 320 g/mol. The summed E-state index contributed by atoms with van der Waals surface area (Å²) < 4.78 is 15.7. The van der Waals surface area contributed by atoms with E-state index in [0.29, 0.717) is 34.4 Å². The highest BCUT2D eigenvalue weighted by molar-refractivity contribution is 6.32. The van der Waals surface area contributed by atoms with Crippen molar-refractivity contribution in [3.8, 4) is 17.4 Å². The van der Waals surface area contributed by atoms with Gasteiger partial charge >= 0.3 is 0 Å². The van der Waals surface area contributed by atoms with Crippen LogP contribution in [-0.4, -0.2) is 31.7 Å². The molecule has 0 aliphatic carbocycles. The number of halogens is 1. The van der Waals surface area contributed by atoms with E-state index in [4.69, 9.17) is 25.8 Å². The molecule has 122 valence electrons. The lowest BCUT2D eigenvalue weighted by molar-refractivity contribution is 0.102. The van der Waals surface area contributed by atoms with Gasteiger partial charge in [0, 0.05) is 12.3 Å². The second-order valence-electron chi connectivity index (χ2n) is 4.43. The maximum Gasteiger partial charge on any atom is 0.261 e. The molecule has 1 aromatic carbocycles. The number of pyridine rings is 1. The Bertz CT molecular complexity index is 706. The molecule has 2 aromatic rings. The Kier molecular flexibility index (Phi) is 5.65. The van der Waals surface area contributed by atoms with Crippen LogP contribution in [0.3, 0.4) is 0 Å². The van der Waals surface area contributed by atoms with Crippen molar-refractivity contribution >= 4 is 23.2 Å². The van der Waals surface area contributed by atoms with Crippen LogP contribution < -0.4 is 19.5 Å². The van der Waals surface area contributed by atoms with E-state index < -0.39 is 0 Å². The van der Waals surface area contributed by atoms with Crippen LogP contribution in [0, 0.1) is 0 Å². The second-order valence-corrected chi connectivity index (χ2v) is 4.84. The smallest absolute Gasteiger partial charge is 0.261 e. The minimum atomic E-state index is -0.374. The normalized spacial score (nSPS) is 10.1. The van der Waals surface area contributed by atoms with Crippen LogP contribution in [0.25, 0.3) is 0 Å². The van der Waals surface area contributed by atoms with E-state index in [1.807, 2.05) is 6.92 Å². The molecule has 0 radical (unpaired) electrons. The summed E-state index contributed by atoms with van der Waals surface area (Å²) in [6.07, 6.45) is 1.56. The number of rotatable bonds is 6. The predicted molar refractivity (Wildman–Crippen MR) is 87.9 cm³/mol. The van der Waals surface area contributed by atoms with Gasteiger partial charge < -0.3 is 19.5 Å². The number of methoxy groups -OCH3 is 2. The number of hydrogen-bond acceptors (Lipinski definition) is 5. The number of carbonyl (C=O) groups excluding carboxylic acids is 1. The molecule has 0 aliphatic rings. The molecule has 7 heteroatoms. The molecular formula is C16H17ClN2O4. The largest absolute Gasteiger partial charge is 0.495 e. The van der Waals surface area contributed by atoms with E-state index in [9.17, 15) is 4.79 Å². The first-order valence-electron chi connectivity index (χ1n) is 6.91. The van der Waals surface area contributed by atoms with Gasteiger partial charge in [-0.05, 0) is 25.1 Å². The third-order valence-electron chi connectivity index (χ3n) is 3.02. The molecule has 0 fully saturated rings. The van der Waals surface area contributed by atoms with Gasteiger partial charge in [0.1, 0.15) is 17.1 Å². The molecule has 2 rings (SSSR count). The number of ether oxygens (including phenoxy) is 3. The lowest BCUT2D eigenvalue weighted by atomic mass is 10.2. The summed E-state index contributed by atoms with van der Waals surface area (Å²) in [4.78, 5) is 16.5. The van der Waals surface area contributed by atoms with E-state index >= 15 is 0 Å². The number of nitrogens with zero attached hydrogens (tertiary/aromatic N) is 1. The molecule has 0 saturated heterocycles. The van der Waals surface area contributed by atoms with Gasteiger partial charge in [0.25, 0.3) is 5.91 Å². The monoisotopic (exact) mass is 336 g/mol. The number of benzene rings is 1. The van der Waals surface area contributed by atoms with E-state index in [1.54, 1.807) is 30.5 Å². The highest BCUT2D eigenvalue weighted by Gasteiger charge is 2.17. The standard InChI is InChI=1S/C16H17ClN2O4/c1-4-23-16-10(6-5-7-18-16)15(20)19-12-8-11(17)13(21-2)9-14(12)22-3/h5-9H,4H2,1-3H3,(H,19,20). The minimum absolute atomic E-state index is 0.270. The fourth-order valence-electron chi connectivity index (χ4n) is 1.96. The number of nitrogens with one attached hydrogen (secondary N) is 1. The number of hydrogen-bond donors (Lipinski definition) is 1. The van der Waals surface area contributed by atoms with Gasteiger partial charge in [0.15, 0.2) is 0 Å². The van der Waals surface area contributed by atoms with Crippen LogP contribution in [-0.2, 0) is 0 Å². The van der Waals surface area contributed by atoms with Gasteiger partial charge in [-0.2, -0.15) is 0 Å². The fraction of sp³-hybridized carbons (Fsp3) is 0.250. The summed E-state index contributed by atoms with van der Waals surface area (Å²) in [5.74, 6) is 0.784. The maximum absolute atomic E-state index is 12.5. The molecule has 1 heterocycles. The Labute approximate surface area is 139 Å². The van der Waals surface area contributed by atoms with E-state index in [1.165, 1.54) is 14.2 Å². The number of anilines is 1. The molecule has 6 nitrogen and oxygen atoms in total. The summed E-state index contributed by atoms with van der Waals surface area (Å²) in [5, 5.41) is 3.11. The van der Waals surface area contributed by atoms with Crippen LogP contribution in [0.4, 0.5) is 5.69 Å². The Hall–Kier alpha value is -2.47. The minimum Gasteiger partial charge on any atom is -0.495 e. The molecule has 0 bridgehead atoms. The topological polar surface area (TPSA) is 69.7 Å². The van der Waals surface area contributed by atoms with Gasteiger partial charge in [-0.15, -0.1) is 0 Å². The van der Waals surface area contributed by atoms with E-state index in [-0.39, 0.29) is 11.8 Å². The fourth-order valence-corrected chi connectivity index (χ4v) is 2.20. The molecule has 0 unspecified atom stereocenters. The summed E-state index contributed by atoms with van der Waals surface area (Å²) in [7, 11) is 3.00. The zero-order valence-corrected chi connectivity index (χ0v) is 13.8. The molecule has 1 amide bonds. The average molecular weight is 337 g/mol. The summed E-state index contributed by atoms with van der Waals surface area (Å²) in [6.45, 7) is 2.23. The van der Waals surface area contributed by atoms with Gasteiger partial charge in [-0.25, -0.2) is 4.98 Å². The first-order chi connectivity index (χ1) is 11.1. The van der Waals surface area contributed by atoms with Crippen molar-refractivity contribution in [2.45, 2.75) is 6.92 Å². The van der Waals surface area contributed by atoms with Crippen molar-refractivity contribution in [3.63, 3.8) is 0 Å². The molecule has 23 heavy (non-hydrogen) atoms. The highest BCUT2D eigenvalue weighted by Crippen LogP contribution is 2.36. The summed E-state index contributed by atoms with van der Waals surface area (Å²) >= 11 is 6.10. The van der Waals surface area contributed by atoms with Crippen molar-refractivity contribution in [1.29, 1.82) is 0 Å². The van der Waals surface area contributed by atoms with Crippen molar-refractivity contribution in [2.75, 3.05) is 26.1 Å². The summed E-state index contributed by atoms with van der Waals surface area (Å²) in [5.41, 5.74) is 0.748. The second kappa shape index (κ2) is 7.69. The quantitative estimate of drug-likeness (QED) is 0.875. The number of amides is 1. The number of carbonyl (C=O) groups is 1. The van der Waals surface area contributed by atoms with Gasteiger partial charge in [0.2, 0.25) is 5.88 Å². The van der Waals surface area contributed by atoms with Crippen molar-refractivity contribution in [1.82, 2.24) is 4.98 Å². The number of aromatic nitrogens is 1. The molecule has 0 spiro atoms. The molecule has 0 aliphatic heterocycles. The van der Waals surface area contributed by atoms with Gasteiger partial charge in [0.05, 0.1) is 31.5 Å². The molecule has 0 saturated carbocycles. The molecule has 1 N–H and O–H groups in total. The average Bonchev–Trinajstić information content (AvgIpc) is 2.56. The van der Waals surface area contributed by atoms with Crippen LogP contribution in [0.5, 0.6) is 17.4 Å². The van der Waals surface area contributed by atoms with Crippen molar-refractivity contribution < 1.29 is 19.0 Å². The molecule has 1 aromatic heterocycles. The zero-order chi connectivity index (χ0) is 16.8. The highest BCUT2D eigenvalue weighted by atomic mass is 35.5. The third-order valence-corrected chi connectivity index (χ3v) is 3.31. The Morgan fingerprint density at radius 3 is 2.65 bits per heavy atom. The third kappa shape index (κ3) is 3.84. The predicted octanol–water partition coefficient (Wildman–Crippen LogP) is 3.40. The maximum atomic E-state index is 12.5. The van der Waals surface area contributed by atoms with Crippen LogP contribution >= 0.6 is 11.6 Å². The zero-order valence-electron chi connectivity index (χ0n) is 13.1. The Morgan fingerprint density at radius 2 is 2.00 bits per heavy atom. The first-order valence-corrected chi connectivity index (χ1v) is 7.29. The lowest BCUT2D eigenvalue weighted by Crippen LogP contribution is -2.15. The van der Waals surface area contributed by atoms with E-state index in [0.717, 1.165) is 0 Å². The van der Waals surface area contributed by atoms with Crippen LogP contribution in [0.15, 0.2) is 30.5 Å². The van der Waals surface area contributed by atoms with Crippen molar-refractivity contribution in [3.05, 3.63) is 41.0 Å². The molecule has 0 atom stereocenters. The van der Waals surface area contributed by atoms with Crippen molar-refractivity contribution in [2.24, 2.45) is 0 Å². The Morgan fingerprint density at radius 1 is 1.26 bits per heavy atom. The van der Waals surface area contributed by atoms with E-state index in [2.05, 4.69) is 10.3 Å². The van der Waals surface area contributed by atoms with Gasteiger partial charge in [-0.3, -0.25) is 4.79 Å². The van der Waals surface area contributed by atoms with Gasteiger partial charge in [-0.1, -0.05) is 11.6 Å². The summed E-state index contributed by atoms with van der Waals surface area (Å²) in [6, 6.07) is 6.46. The first kappa shape index (κ1) is 16.9. The Balaban J connectivity index is 2.32.